The third-order valence-corrected chi connectivity index (χ3v) is 2.34. The van der Waals surface area contributed by atoms with Crippen LogP contribution in [0, 0.1) is 0 Å². The zero-order chi connectivity index (χ0) is 15.0. The van der Waals surface area contributed by atoms with Crippen molar-refractivity contribution in [1.82, 2.24) is 0 Å². The van der Waals surface area contributed by atoms with Crippen molar-refractivity contribution in [3.8, 4) is 11.5 Å². The number of ether oxygens (including phenoxy) is 3. The second-order valence-corrected chi connectivity index (χ2v) is 4.09. The van der Waals surface area contributed by atoms with Gasteiger partial charge in [0.15, 0.2) is 0 Å². The highest BCUT2D eigenvalue weighted by molar-refractivity contribution is 5.69. The summed E-state index contributed by atoms with van der Waals surface area (Å²) in [4.78, 5) is 21.5. The highest BCUT2D eigenvalue weighted by Crippen LogP contribution is 2.19. The second-order valence-electron chi connectivity index (χ2n) is 4.09. The van der Waals surface area contributed by atoms with E-state index in [1.165, 1.54) is 13.8 Å². The smallest absolute Gasteiger partial charge is 0.308 e. The van der Waals surface area contributed by atoms with E-state index in [1.807, 2.05) is 0 Å². The van der Waals surface area contributed by atoms with E-state index < -0.39 is 0 Å². The molecule has 1 aromatic rings. The number of hydrogen-bond donors (Lipinski definition) is 0. The maximum Gasteiger partial charge on any atom is 0.308 e. The van der Waals surface area contributed by atoms with Gasteiger partial charge in [0, 0.05) is 20.3 Å². The molecular formula is C15H18O5. The molecule has 0 aromatic heterocycles. The van der Waals surface area contributed by atoms with Crippen molar-refractivity contribution in [2.24, 2.45) is 0 Å². The molecule has 1 aromatic carbocycles. The van der Waals surface area contributed by atoms with Crippen LogP contribution in [0.15, 0.2) is 36.9 Å². The van der Waals surface area contributed by atoms with Crippen molar-refractivity contribution in [1.29, 1.82) is 0 Å². The second kappa shape index (κ2) is 7.99. The maximum absolute atomic E-state index is 10.8. The molecule has 5 nitrogen and oxygen atoms in total. The highest BCUT2D eigenvalue weighted by atomic mass is 16.5. The first kappa shape index (κ1) is 15.8. The van der Waals surface area contributed by atoms with E-state index in [2.05, 4.69) is 6.58 Å². The Balaban J connectivity index is 2.50. The SMILES string of the molecule is C=CC(CCOC(C)=O)Oc1ccc(OC(C)=O)cc1. The van der Waals surface area contributed by atoms with Gasteiger partial charge in [-0.1, -0.05) is 12.7 Å². The monoisotopic (exact) mass is 278 g/mol. The van der Waals surface area contributed by atoms with E-state index in [1.54, 1.807) is 30.3 Å². The summed E-state index contributed by atoms with van der Waals surface area (Å²) < 4.78 is 15.4. The Morgan fingerprint density at radius 3 is 2.25 bits per heavy atom. The Bertz CT molecular complexity index is 464. The molecule has 0 spiro atoms. The Labute approximate surface area is 118 Å². The van der Waals surface area contributed by atoms with Gasteiger partial charge in [-0.2, -0.15) is 0 Å². The van der Waals surface area contributed by atoms with Crippen LogP contribution in [0.3, 0.4) is 0 Å². The molecule has 0 saturated heterocycles. The van der Waals surface area contributed by atoms with Gasteiger partial charge in [-0.15, -0.1) is 0 Å². The first-order valence-electron chi connectivity index (χ1n) is 6.22. The number of hydrogen-bond acceptors (Lipinski definition) is 5. The molecule has 1 atom stereocenters. The van der Waals surface area contributed by atoms with Crippen LogP contribution in [-0.2, 0) is 14.3 Å². The van der Waals surface area contributed by atoms with Crippen LogP contribution in [0.5, 0.6) is 11.5 Å². The van der Waals surface area contributed by atoms with Gasteiger partial charge in [0.2, 0.25) is 0 Å². The summed E-state index contributed by atoms with van der Waals surface area (Å²) in [7, 11) is 0. The van der Waals surface area contributed by atoms with Gasteiger partial charge in [0.05, 0.1) is 6.61 Å². The molecule has 0 bridgehead atoms. The third kappa shape index (κ3) is 6.04. The lowest BCUT2D eigenvalue weighted by molar-refractivity contribution is -0.141. The van der Waals surface area contributed by atoms with E-state index in [-0.39, 0.29) is 24.6 Å². The zero-order valence-electron chi connectivity index (χ0n) is 11.6. The van der Waals surface area contributed by atoms with E-state index in [9.17, 15) is 9.59 Å². The molecule has 1 unspecified atom stereocenters. The fraction of sp³-hybridized carbons (Fsp3) is 0.333. The Kier molecular flexibility index (Phi) is 6.29. The molecule has 0 aliphatic carbocycles. The lowest BCUT2D eigenvalue weighted by atomic mass is 10.2. The fourth-order valence-electron chi connectivity index (χ4n) is 1.47. The molecule has 0 aliphatic rings. The molecule has 1 rings (SSSR count). The van der Waals surface area contributed by atoms with Crippen LogP contribution in [0.1, 0.15) is 20.3 Å². The quantitative estimate of drug-likeness (QED) is 0.435. The first-order valence-corrected chi connectivity index (χ1v) is 6.22. The topological polar surface area (TPSA) is 61.8 Å². The molecule has 108 valence electrons. The van der Waals surface area contributed by atoms with Gasteiger partial charge in [0.1, 0.15) is 17.6 Å². The van der Waals surface area contributed by atoms with Crippen LogP contribution >= 0.6 is 0 Å². The fourth-order valence-corrected chi connectivity index (χ4v) is 1.47. The number of esters is 2. The minimum atomic E-state index is -0.371. The largest absolute Gasteiger partial charge is 0.486 e. The Hall–Kier alpha value is -2.30. The molecule has 20 heavy (non-hydrogen) atoms. The van der Waals surface area contributed by atoms with E-state index in [0.717, 1.165) is 0 Å². The summed E-state index contributed by atoms with van der Waals surface area (Å²) in [6, 6.07) is 6.67. The van der Waals surface area contributed by atoms with Gasteiger partial charge in [-0.25, -0.2) is 0 Å². The number of carbonyl (C=O) groups is 2. The van der Waals surface area contributed by atoms with E-state index >= 15 is 0 Å². The normalized spacial score (nSPS) is 11.3. The summed E-state index contributed by atoms with van der Waals surface area (Å²) in [5.41, 5.74) is 0. The predicted octanol–water partition coefficient (Wildman–Crippen LogP) is 2.50. The van der Waals surface area contributed by atoms with Crippen LogP contribution in [0.4, 0.5) is 0 Å². The van der Waals surface area contributed by atoms with Gasteiger partial charge >= 0.3 is 11.9 Å². The third-order valence-electron chi connectivity index (χ3n) is 2.34. The van der Waals surface area contributed by atoms with Crippen LogP contribution in [-0.4, -0.2) is 24.6 Å². The number of benzene rings is 1. The average Bonchev–Trinajstić information content (AvgIpc) is 2.38. The molecule has 0 heterocycles. The first-order chi connectivity index (χ1) is 9.51. The Morgan fingerprint density at radius 1 is 1.15 bits per heavy atom. The molecule has 0 amide bonds. The van der Waals surface area contributed by atoms with Crippen molar-refractivity contribution < 1.29 is 23.8 Å². The van der Waals surface area contributed by atoms with Crippen molar-refractivity contribution in [3.05, 3.63) is 36.9 Å². The van der Waals surface area contributed by atoms with E-state index in [4.69, 9.17) is 14.2 Å². The molecule has 0 fully saturated rings. The summed E-state index contributed by atoms with van der Waals surface area (Å²) >= 11 is 0. The minimum Gasteiger partial charge on any atom is -0.486 e. The average molecular weight is 278 g/mol. The van der Waals surface area contributed by atoms with Crippen LogP contribution in [0.2, 0.25) is 0 Å². The maximum atomic E-state index is 10.8. The van der Waals surface area contributed by atoms with Crippen molar-refractivity contribution in [2.45, 2.75) is 26.4 Å². The summed E-state index contributed by atoms with van der Waals surface area (Å²) in [5.74, 6) is 0.385. The number of rotatable bonds is 7. The van der Waals surface area contributed by atoms with Crippen LogP contribution in [0.25, 0.3) is 0 Å². The highest BCUT2D eigenvalue weighted by Gasteiger charge is 2.07. The summed E-state index contributed by atoms with van der Waals surface area (Å²) in [6.07, 6.45) is 1.91. The molecule has 0 radical (unpaired) electrons. The standard InChI is InChI=1S/C15H18O5/c1-4-13(9-10-18-11(2)16)20-15-7-5-14(6-8-15)19-12(3)17/h4-8,13H,1,9-10H2,2-3H3. The van der Waals surface area contributed by atoms with E-state index in [0.29, 0.717) is 17.9 Å². The van der Waals surface area contributed by atoms with Gasteiger partial charge in [-0.05, 0) is 24.3 Å². The molecular weight excluding hydrogens is 260 g/mol. The van der Waals surface area contributed by atoms with Crippen molar-refractivity contribution in [2.75, 3.05) is 6.61 Å². The van der Waals surface area contributed by atoms with Gasteiger partial charge in [-0.3, -0.25) is 9.59 Å². The lowest BCUT2D eigenvalue weighted by Gasteiger charge is -2.15. The predicted molar refractivity (Wildman–Crippen MR) is 73.6 cm³/mol. The van der Waals surface area contributed by atoms with Gasteiger partial charge in [0.25, 0.3) is 0 Å². The summed E-state index contributed by atoms with van der Waals surface area (Å²) in [6.45, 7) is 6.65. The molecule has 0 N–H and O–H groups in total. The summed E-state index contributed by atoms with van der Waals surface area (Å²) in [5, 5.41) is 0. The lowest BCUT2D eigenvalue weighted by Crippen LogP contribution is -2.17. The molecule has 0 aliphatic heterocycles. The number of carbonyl (C=O) groups excluding carboxylic acids is 2. The zero-order valence-corrected chi connectivity index (χ0v) is 11.6. The van der Waals surface area contributed by atoms with Crippen molar-refractivity contribution >= 4 is 11.9 Å². The van der Waals surface area contributed by atoms with Gasteiger partial charge < -0.3 is 14.2 Å². The van der Waals surface area contributed by atoms with Crippen LogP contribution < -0.4 is 9.47 Å². The molecule has 5 heteroatoms. The van der Waals surface area contributed by atoms with Crippen molar-refractivity contribution in [3.63, 3.8) is 0 Å². The minimum absolute atomic E-state index is 0.256. The Morgan fingerprint density at radius 2 is 1.75 bits per heavy atom. The molecule has 0 saturated carbocycles.